The molecule has 8 nitrogen and oxygen atoms in total. The number of hydrogen-bond acceptors (Lipinski definition) is 7. The third-order valence-corrected chi connectivity index (χ3v) is 6.09. The number of aliphatic imine (C=N–C) groups is 1. The van der Waals surface area contributed by atoms with E-state index < -0.39 is 6.17 Å². The molecule has 1 aliphatic heterocycles. The first-order valence-corrected chi connectivity index (χ1v) is 11.7. The summed E-state index contributed by atoms with van der Waals surface area (Å²) in [6.45, 7) is 1.91. The van der Waals surface area contributed by atoms with Gasteiger partial charge in [0.15, 0.2) is 11.6 Å². The van der Waals surface area contributed by atoms with Gasteiger partial charge in [0.05, 0.1) is 12.2 Å². The molecule has 3 aromatic rings. The van der Waals surface area contributed by atoms with Crippen molar-refractivity contribution in [2.24, 2.45) is 4.99 Å². The predicted molar refractivity (Wildman–Crippen MR) is 136 cm³/mol. The molecule has 0 saturated carbocycles. The topological polar surface area (TPSA) is 119 Å². The second kappa shape index (κ2) is 10.1. The number of nitrogens with zero attached hydrogens (tertiary/aromatic N) is 4. The van der Waals surface area contributed by atoms with Crippen LogP contribution < -0.4 is 11.1 Å². The zero-order chi connectivity index (χ0) is 25.1. The van der Waals surface area contributed by atoms with Gasteiger partial charge in [-0.3, -0.25) is 9.79 Å². The number of nitrogens with two attached hydrogens (primary N) is 1. The molecule has 1 amide bonds. The van der Waals surface area contributed by atoms with Gasteiger partial charge in [-0.05, 0) is 49.1 Å². The molecular weight excluding hydrogens is 459 g/mol. The molecule has 2 aromatic heterocycles. The Morgan fingerprint density at radius 3 is 2.94 bits per heavy atom. The van der Waals surface area contributed by atoms with Crippen molar-refractivity contribution in [2.45, 2.75) is 38.4 Å². The Labute approximate surface area is 207 Å². The first kappa shape index (κ1) is 23.3. The summed E-state index contributed by atoms with van der Waals surface area (Å²) >= 11 is 0. The third kappa shape index (κ3) is 5.14. The molecule has 1 aromatic carbocycles. The summed E-state index contributed by atoms with van der Waals surface area (Å²) in [5, 5.41) is 6.81. The summed E-state index contributed by atoms with van der Waals surface area (Å²) in [5.41, 5.74) is 10.8. The molecule has 0 fully saturated rings. The highest BCUT2D eigenvalue weighted by Gasteiger charge is 2.25. The highest BCUT2D eigenvalue weighted by molar-refractivity contribution is 6.11. The van der Waals surface area contributed by atoms with E-state index in [2.05, 4.69) is 20.4 Å². The molecule has 3 N–H and O–H groups in total. The maximum absolute atomic E-state index is 14.5. The Kier molecular flexibility index (Phi) is 6.53. The fraction of sp³-hybridized carbons (Fsp3) is 0.222. The lowest BCUT2D eigenvalue weighted by atomic mass is 9.90. The van der Waals surface area contributed by atoms with Crippen molar-refractivity contribution < 1.29 is 13.7 Å². The fourth-order valence-corrected chi connectivity index (χ4v) is 4.26. The lowest BCUT2D eigenvalue weighted by molar-refractivity contribution is 0.102. The second-order valence-corrected chi connectivity index (χ2v) is 8.82. The highest BCUT2D eigenvalue weighted by atomic mass is 19.1. The van der Waals surface area contributed by atoms with Crippen LogP contribution in [-0.4, -0.2) is 39.0 Å². The quantitative estimate of drug-likeness (QED) is 0.515. The minimum atomic E-state index is -1.02. The van der Waals surface area contributed by atoms with Crippen molar-refractivity contribution in [3.05, 3.63) is 95.3 Å². The van der Waals surface area contributed by atoms with Gasteiger partial charge in [-0.15, -0.1) is 0 Å². The monoisotopic (exact) mass is 484 g/mol. The van der Waals surface area contributed by atoms with Crippen LogP contribution in [0.4, 0.5) is 15.9 Å². The number of rotatable bonds is 6. The van der Waals surface area contributed by atoms with Gasteiger partial charge in [0.2, 0.25) is 0 Å². The summed E-state index contributed by atoms with van der Waals surface area (Å²) in [7, 11) is 0. The Balaban J connectivity index is 1.41. The van der Waals surface area contributed by atoms with Crippen LogP contribution in [-0.2, 0) is 0 Å². The van der Waals surface area contributed by atoms with E-state index >= 15 is 0 Å². The van der Waals surface area contributed by atoms with E-state index in [1.807, 2.05) is 43.4 Å². The highest BCUT2D eigenvalue weighted by Crippen LogP contribution is 2.31. The largest absolute Gasteiger partial charge is 0.382 e. The van der Waals surface area contributed by atoms with Gasteiger partial charge < -0.3 is 15.6 Å². The van der Waals surface area contributed by atoms with Crippen molar-refractivity contribution in [3.8, 4) is 0 Å². The summed E-state index contributed by atoms with van der Waals surface area (Å²) in [6, 6.07) is 8.78. The molecule has 2 unspecified atom stereocenters. The molecular formula is C27H25FN6O2. The van der Waals surface area contributed by atoms with Gasteiger partial charge >= 0.3 is 0 Å². The summed E-state index contributed by atoms with van der Waals surface area (Å²) in [4.78, 5) is 26.3. The molecule has 2 aliphatic rings. The summed E-state index contributed by atoms with van der Waals surface area (Å²) in [5.74, 6) is 0.118. The fourth-order valence-electron chi connectivity index (χ4n) is 4.26. The van der Waals surface area contributed by atoms with Gasteiger partial charge in [0.1, 0.15) is 29.5 Å². The lowest BCUT2D eigenvalue weighted by Gasteiger charge is -2.23. The van der Waals surface area contributed by atoms with Crippen molar-refractivity contribution in [2.75, 3.05) is 11.1 Å². The van der Waals surface area contributed by atoms with E-state index in [9.17, 15) is 9.18 Å². The first-order chi connectivity index (χ1) is 17.5. The Hall–Kier alpha value is -4.40. The molecule has 3 heterocycles. The number of amides is 1. The number of nitrogens with one attached hydrogen (secondary N) is 1. The zero-order valence-corrected chi connectivity index (χ0v) is 19.7. The van der Waals surface area contributed by atoms with Crippen molar-refractivity contribution in [1.29, 1.82) is 0 Å². The lowest BCUT2D eigenvalue weighted by Crippen LogP contribution is -2.21. The standard InChI is InChI=1S/C27H25FN6O2/c1-16-5-4-7-18(11-16)27(35)32-24-15-30-26(33-25(24)29)23-14-19(22-9-10-36-34-22)13-20(31-23)12-17-6-2-3-8-21(17)28/h2-7,9-11,14-15,20-21H,8,12-13H2,1H3,(H,32,35)(H2,29,30,33). The number of anilines is 2. The predicted octanol–water partition coefficient (Wildman–Crippen LogP) is 4.87. The Morgan fingerprint density at radius 2 is 2.19 bits per heavy atom. The number of benzene rings is 1. The zero-order valence-electron chi connectivity index (χ0n) is 19.7. The molecule has 0 saturated heterocycles. The molecule has 182 valence electrons. The number of carbonyl (C=O) groups excluding carboxylic acids is 1. The van der Waals surface area contributed by atoms with E-state index in [4.69, 9.17) is 15.2 Å². The average Bonchev–Trinajstić information content (AvgIpc) is 3.42. The van der Waals surface area contributed by atoms with Crippen LogP contribution in [0.15, 0.2) is 82.2 Å². The number of allylic oxidation sites excluding steroid dienone is 4. The van der Waals surface area contributed by atoms with E-state index in [-0.39, 0.29) is 17.8 Å². The number of halogens is 1. The van der Waals surface area contributed by atoms with Crippen LogP contribution >= 0.6 is 0 Å². The summed E-state index contributed by atoms with van der Waals surface area (Å²) < 4.78 is 19.5. The molecule has 9 heteroatoms. The number of dihydropyridines is 1. The SMILES string of the molecule is Cc1cccc(C(=O)Nc2cnc(C3=NC(CC4=CC=CCC4F)CC(c4ccon4)=C3)nc2N)c1. The van der Waals surface area contributed by atoms with Crippen LogP contribution in [0.25, 0.3) is 5.57 Å². The van der Waals surface area contributed by atoms with Crippen LogP contribution in [0.3, 0.4) is 0 Å². The number of aryl methyl sites for hydroxylation is 1. The molecule has 36 heavy (non-hydrogen) atoms. The molecule has 0 bridgehead atoms. The molecule has 5 rings (SSSR count). The maximum Gasteiger partial charge on any atom is 0.255 e. The van der Waals surface area contributed by atoms with E-state index in [0.29, 0.717) is 53.3 Å². The third-order valence-electron chi connectivity index (χ3n) is 6.09. The van der Waals surface area contributed by atoms with E-state index in [0.717, 1.165) is 11.1 Å². The van der Waals surface area contributed by atoms with Crippen molar-refractivity contribution >= 4 is 28.7 Å². The molecule has 0 spiro atoms. The number of aromatic nitrogens is 3. The van der Waals surface area contributed by atoms with Crippen molar-refractivity contribution in [1.82, 2.24) is 15.1 Å². The van der Waals surface area contributed by atoms with Gasteiger partial charge in [-0.25, -0.2) is 14.4 Å². The van der Waals surface area contributed by atoms with Crippen LogP contribution in [0, 0.1) is 6.92 Å². The van der Waals surface area contributed by atoms with Crippen LogP contribution in [0.2, 0.25) is 0 Å². The van der Waals surface area contributed by atoms with Gasteiger partial charge in [0.25, 0.3) is 5.91 Å². The van der Waals surface area contributed by atoms with Crippen LogP contribution in [0.1, 0.15) is 46.7 Å². The minimum Gasteiger partial charge on any atom is -0.382 e. The van der Waals surface area contributed by atoms with E-state index in [1.165, 1.54) is 12.5 Å². The smallest absolute Gasteiger partial charge is 0.255 e. The molecule has 1 aliphatic carbocycles. The summed E-state index contributed by atoms with van der Waals surface area (Å²) in [6.07, 6.45) is 10.7. The number of nitrogen functional groups attached to an aromatic ring is 1. The van der Waals surface area contributed by atoms with Gasteiger partial charge in [-0.2, -0.15) is 0 Å². The van der Waals surface area contributed by atoms with Crippen molar-refractivity contribution in [3.63, 3.8) is 0 Å². The van der Waals surface area contributed by atoms with Gasteiger partial charge in [0, 0.05) is 18.1 Å². The Morgan fingerprint density at radius 1 is 1.31 bits per heavy atom. The average molecular weight is 485 g/mol. The molecule has 0 radical (unpaired) electrons. The molecule has 2 atom stereocenters. The van der Waals surface area contributed by atoms with Gasteiger partial charge in [-0.1, -0.05) is 41.1 Å². The Bertz CT molecular complexity index is 1410. The maximum atomic E-state index is 14.5. The van der Waals surface area contributed by atoms with E-state index in [1.54, 1.807) is 18.2 Å². The number of alkyl halides is 1. The normalized spacial score (nSPS) is 19.3. The number of hydrogen-bond donors (Lipinski definition) is 2. The van der Waals surface area contributed by atoms with Crippen LogP contribution in [0.5, 0.6) is 0 Å². The minimum absolute atomic E-state index is 0.117. The second-order valence-electron chi connectivity index (χ2n) is 8.82. The first-order valence-electron chi connectivity index (χ1n) is 11.7. The number of carbonyl (C=O) groups is 1.